The van der Waals surface area contributed by atoms with Crippen molar-refractivity contribution in [2.24, 2.45) is 0 Å². The minimum atomic E-state index is -0.913. The molecule has 0 bridgehead atoms. The van der Waals surface area contributed by atoms with Crippen LogP contribution in [0.15, 0.2) is 60.9 Å². The molecule has 0 saturated heterocycles. The zero-order valence-corrected chi connectivity index (χ0v) is 14.4. The Morgan fingerprint density at radius 2 is 1.48 bits per heavy atom. The minimum absolute atomic E-state index is 0.0329. The van der Waals surface area contributed by atoms with Gasteiger partial charge in [-0.25, -0.2) is 8.78 Å². The number of hydrogen-bond acceptors (Lipinski definition) is 3. The maximum Gasteiger partial charge on any atom is 0.257 e. The van der Waals surface area contributed by atoms with Crippen molar-refractivity contribution >= 4 is 34.8 Å². The van der Waals surface area contributed by atoms with E-state index in [0.29, 0.717) is 16.8 Å². The molecule has 0 aliphatic carbocycles. The average molecular weight is 388 g/mol. The van der Waals surface area contributed by atoms with Gasteiger partial charge in [-0.1, -0.05) is 23.7 Å². The first-order chi connectivity index (χ1) is 12.9. The van der Waals surface area contributed by atoms with Crippen molar-refractivity contribution in [2.45, 2.75) is 0 Å². The van der Waals surface area contributed by atoms with E-state index in [1.807, 2.05) is 0 Å². The molecule has 0 unspecified atom stereocenters. The van der Waals surface area contributed by atoms with Gasteiger partial charge in [0.2, 0.25) is 0 Å². The third-order valence-electron chi connectivity index (χ3n) is 3.56. The van der Waals surface area contributed by atoms with E-state index in [-0.39, 0.29) is 16.8 Å². The number of amides is 2. The third kappa shape index (κ3) is 4.45. The van der Waals surface area contributed by atoms with Gasteiger partial charge in [-0.05, 0) is 30.3 Å². The van der Waals surface area contributed by atoms with Crippen LogP contribution in [0.2, 0.25) is 5.02 Å². The van der Waals surface area contributed by atoms with E-state index < -0.39 is 23.4 Å². The Kier molecular flexibility index (Phi) is 5.42. The average Bonchev–Trinajstić information content (AvgIpc) is 2.66. The van der Waals surface area contributed by atoms with Crippen LogP contribution in [0.5, 0.6) is 0 Å². The molecule has 0 spiro atoms. The van der Waals surface area contributed by atoms with E-state index in [1.165, 1.54) is 18.5 Å². The number of benzene rings is 2. The molecule has 3 aromatic rings. The van der Waals surface area contributed by atoms with Crippen molar-refractivity contribution in [1.82, 2.24) is 4.98 Å². The summed E-state index contributed by atoms with van der Waals surface area (Å²) < 4.78 is 26.6. The number of pyridine rings is 1. The van der Waals surface area contributed by atoms with Crippen molar-refractivity contribution in [3.63, 3.8) is 0 Å². The van der Waals surface area contributed by atoms with Gasteiger partial charge in [0.25, 0.3) is 11.8 Å². The van der Waals surface area contributed by atoms with E-state index in [2.05, 4.69) is 15.6 Å². The summed E-state index contributed by atoms with van der Waals surface area (Å²) in [4.78, 5) is 28.5. The number of hydrogen-bond donors (Lipinski definition) is 2. The second-order valence-electron chi connectivity index (χ2n) is 5.47. The van der Waals surface area contributed by atoms with E-state index in [4.69, 9.17) is 11.6 Å². The number of rotatable bonds is 4. The number of halogens is 3. The number of aromatic nitrogens is 1. The quantitative estimate of drug-likeness (QED) is 0.691. The molecular formula is C19H12ClF2N3O2. The van der Waals surface area contributed by atoms with Crippen LogP contribution in [0.1, 0.15) is 20.7 Å². The SMILES string of the molecule is O=C(Nc1ccc(F)cc1F)c1cncc(C(=O)Nc2ccccc2Cl)c1. The van der Waals surface area contributed by atoms with Gasteiger partial charge in [0.1, 0.15) is 11.6 Å². The molecule has 136 valence electrons. The zero-order valence-electron chi connectivity index (χ0n) is 13.7. The molecular weight excluding hydrogens is 376 g/mol. The molecule has 27 heavy (non-hydrogen) atoms. The van der Waals surface area contributed by atoms with E-state index >= 15 is 0 Å². The third-order valence-corrected chi connectivity index (χ3v) is 3.89. The van der Waals surface area contributed by atoms with Crippen LogP contribution in [-0.4, -0.2) is 16.8 Å². The monoisotopic (exact) mass is 387 g/mol. The van der Waals surface area contributed by atoms with Gasteiger partial charge < -0.3 is 10.6 Å². The van der Waals surface area contributed by atoms with Gasteiger partial charge in [-0.3, -0.25) is 14.6 Å². The lowest BCUT2D eigenvalue weighted by Crippen LogP contribution is -2.17. The first-order valence-corrected chi connectivity index (χ1v) is 8.09. The van der Waals surface area contributed by atoms with Crippen molar-refractivity contribution in [1.29, 1.82) is 0 Å². The zero-order chi connectivity index (χ0) is 19.4. The van der Waals surface area contributed by atoms with Gasteiger partial charge in [-0.2, -0.15) is 0 Å². The summed E-state index contributed by atoms with van der Waals surface area (Å²) in [5, 5.41) is 5.28. The second-order valence-corrected chi connectivity index (χ2v) is 5.88. The fourth-order valence-electron chi connectivity index (χ4n) is 2.23. The standard InChI is InChI=1S/C19H12ClF2N3O2/c20-14-3-1-2-4-16(14)24-18(26)11-7-12(10-23-9-11)19(27)25-17-6-5-13(21)8-15(17)22/h1-10H,(H,24,26)(H,25,27). The Morgan fingerprint density at radius 3 is 2.11 bits per heavy atom. The van der Waals surface area contributed by atoms with Gasteiger partial charge in [-0.15, -0.1) is 0 Å². The highest BCUT2D eigenvalue weighted by atomic mass is 35.5. The van der Waals surface area contributed by atoms with Gasteiger partial charge >= 0.3 is 0 Å². The predicted molar refractivity (Wildman–Crippen MR) is 98.0 cm³/mol. The van der Waals surface area contributed by atoms with Gasteiger partial charge in [0, 0.05) is 18.5 Å². The van der Waals surface area contributed by atoms with Crippen molar-refractivity contribution < 1.29 is 18.4 Å². The molecule has 2 amide bonds. The highest BCUT2D eigenvalue weighted by Gasteiger charge is 2.14. The Balaban J connectivity index is 1.77. The maximum absolute atomic E-state index is 13.7. The molecule has 0 saturated carbocycles. The highest BCUT2D eigenvalue weighted by Crippen LogP contribution is 2.21. The Hall–Kier alpha value is -3.32. The number of anilines is 2. The lowest BCUT2D eigenvalue weighted by molar-refractivity contribution is 0.102. The molecule has 0 fully saturated rings. The summed E-state index contributed by atoms with van der Waals surface area (Å²) in [5.74, 6) is -2.88. The first kappa shape index (κ1) is 18.5. The van der Waals surface area contributed by atoms with E-state index in [1.54, 1.807) is 24.3 Å². The molecule has 1 aromatic heterocycles. The summed E-state index contributed by atoms with van der Waals surface area (Å²) in [5.41, 5.74) is 0.368. The normalized spacial score (nSPS) is 10.3. The lowest BCUT2D eigenvalue weighted by atomic mass is 10.1. The fourth-order valence-corrected chi connectivity index (χ4v) is 2.41. The topological polar surface area (TPSA) is 71.1 Å². The van der Waals surface area contributed by atoms with E-state index in [9.17, 15) is 18.4 Å². The number of carbonyl (C=O) groups is 2. The smallest absolute Gasteiger partial charge is 0.257 e. The molecule has 1 heterocycles. The van der Waals surface area contributed by atoms with Crippen LogP contribution in [0.3, 0.4) is 0 Å². The summed E-state index contributed by atoms with van der Waals surface area (Å²) in [6.45, 7) is 0. The molecule has 3 rings (SSSR count). The second kappa shape index (κ2) is 7.92. The number of para-hydroxylation sites is 1. The van der Waals surface area contributed by atoms with Gasteiger partial charge in [0.05, 0.1) is 27.5 Å². The number of nitrogens with zero attached hydrogens (tertiary/aromatic N) is 1. The Morgan fingerprint density at radius 1 is 0.852 bits per heavy atom. The largest absolute Gasteiger partial charge is 0.321 e. The first-order valence-electron chi connectivity index (χ1n) is 7.71. The van der Waals surface area contributed by atoms with Crippen LogP contribution in [0.25, 0.3) is 0 Å². The molecule has 0 atom stereocenters. The van der Waals surface area contributed by atoms with Crippen LogP contribution in [0, 0.1) is 11.6 Å². The molecule has 0 aliphatic rings. The van der Waals surface area contributed by atoms with Crippen molar-refractivity contribution in [3.05, 3.63) is 88.7 Å². The minimum Gasteiger partial charge on any atom is -0.321 e. The molecule has 8 heteroatoms. The van der Waals surface area contributed by atoms with Crippen LogP contribution >= 0.6 is 11.6 Å². The van der Waals surface area contributed by atoms with Crippen molar-refractivity contribution in [2.75, 3.05) is 10.6 Å². The molecule has 0 radical (unpaired) electrons. The summed E-state index contributed by atoms with van der Waals surface area (Å²) in [6, 6.07) is 10.8. The van der Waals surface area contributed by atoms with Gasteiger partial charge in [0.15, 0.2) is 0 Å². The Labute approximate surface area is 158 Å². The number of nitrogens with one attached hydrogen (secondary N) is 2. The van der Waals surface area contributed by atoms with Crippen LogP contribution in [0.4, 0.5) is 20.2 Å². The lowest BCUT2D eigenvalue weighted by Gasteiger charge is -2.09. The summed E-state index contributed by atoms with van der Waals surface area (Å²) in [7, 11) is 0. The highest BCUT2D eigenvalue weighted by molar-refractivity contribution is 6.33. The number of carbonyl (C=O) groups excluding carboxylic acids is 2. The van der Waals surface area contributed by atoms with Crippen LogP contribution < -0.4 is 10.6 Å². The predicted octanol–water partition coefficient (Wildman–Crippen LogP) is 4.52. The van der Waals surface area contributed by atoms with E-state index in [0.717, 1.165) is 12.1 Å². The summed E-state index contributed by atoms with van der Waals surface area (Å²) in [6.07, 6.45) is 2.50. The Bertz CT molecular complexity index is 1030. The maximum atomic E-state index is 13.7. The molecule has 2 N–H and O–H groups in total. The molecule has 5 nitrogen and oxygen atoms in total. The fraction of sp³-hybridized carbons (Fsp3) is 0. The molecule has 0 aliphatic heterocycles. The van der Waals surface area contributed by atoms with Crippen LogP contribution in [-0.2, 0) is 0 Å². The van der Waals surface area contributed by atoms with Crippen molar-refractivity contribution in [3.8, 4) is 0 Å². The summed E-state index contributed by atoms with van der Waals surface area (Å²) >= 11 is 6.00. The molecule has 2 aromatic carbocycles.